The first kappa shape index (κ1) is 28.3. The van der Waals surface area contributed by atoms with Crippen LogP contribution in [-0.2, 0) is 14.9 Å². The molecule has 1 aliphatic carbocycles. The van der Waals surface area contributed by atoms with Crippen molar-refractivity contribution in [1.29, 1.82) is 0 Å². The number of aryl methyl sites for hydroxylation is 1. The number of carbonyl (C=O) groups is 1. The Balaban J connectivity index is 1.12. The fraction of sp³-hybridized carbons (Fsp3) is 0.528. The van der Waals surface area contributed by atoms with Gasteiger partial charge < -0.3 is 19.4 Å². The van der Waals surface area contributed by atoms with E-state index in [1.807, 2.05) is 0 Å². The Bertz CT molecular complexity index is 1660. The molecule has 1 aromatic heterocycles. The number of fused-ring (bicyclic) bond motifs is 4. The van der Waals surface area contributed by atoms with Crippen molar-refractivity contribution < 1.29 is 14.3 Å². The zero-order valence-corrected chi connectivity index (χ0v) is 26.2. The quantitative estimate of drug-likeness (QED) is 0.466. The van der Waals surface area contributed by atoms with E-state index >= 15 is 0 Å². The van der Waals surface area contributed by atoms with Crippen molar-refractivity contribution in [1.82, 2.24) is 19.7 Å². The van der Waals surface area contributed by atoms with Gasteiger partial charge in [0.25, 0.3) is 0 Å². The summed E-state index contributed by atoms with van der Waals surface area (Å²) in [6, 6.07) is 11.9. The highest BCUT2D eigenvalue weighted by Gasteiger charge is 2.41. The number of hydrogen-bond acceptors (Lipinski definition) is 7. The van der Waals surface area contributed by atoms with Gasteiger partial charge in [-0.05, 0) is 36.2 Å². The number of anilines is 1. The first-order chi connectivity index (χ1) is 21.4. The second-order valence-electron chi connectivity index (χ2n) is 13.8. The number of benzene rings is 2. The maximum atomic E-state index is 14.3. The molecular formula is C36H43N5O3. The average molecular weight is 594 g/mol. The Morgan fingerprint density at radius 3 is 2.18 bits per heavy atom. The van der Waals surface area contributed by atoms with Gasteiger partial charge in [0, 0.05) is 85.5 Å². The van der Waals surface area contributed by atoms with Crippen LogP contribution < -0.4 is 4.90 Å². The van der Waals surface area contributed by atoms with Crippen LogP contribution in [0.2, 0.25) is 0 Å². The minimum absolute atomic E-state index is 0.102. The third kappa shape index (κ3) is 4.77. The molecule has 0 bridgehead atoms. The maximum absolute atomic E-state index is 14.3. The molecule has 0 spiro atoms. The molecule has 4 aliphatic heterocycles. The van der Waals surface area contributed by atoms with Crippen molar-refractivity contribution in [2.75, 3.05) is 90.2 Å². The highest BCUT2D eigenvalue weighted by Crippen LogP contribution is 2.45. The van der Waals surface area contributed by atoms with E-state index in [-0.39, 0.29) is 11.2 Å². The Morgan fingerprint density at radius 1 is 0.886 bits per heavy atom. The predicted molar refractivity (Wildman–Crippen MR) is 173 cm³/mol. The lowest BCUT2D eigenvalue weighted by Crippen LogP contribution is -2.56. The van der Waals surface area contributed by atoms with Crippen LogP contribution in [0.4, 0.5) is 5.69 Å². The lowest BCUT2D eigenvalue weighted by Gasteiger charge is -2.44. The number of piperazine rings is 2. The van der Waals surface area contributed by atoms with Crippen molar-refractivity contribution in [2.45, 2.75) is 38.3 Å². The molecule has 0 radical (unpaired) electrons. The lowest BCUT2D eigenvalue weighted by molar-refractivity contribution is -0.0760. The minimum atomic E-state index is -0.345. The van der Waals surface area contributed by atoms with Crippen LogP contribution in [0.15, 0.2) is 30.3 Å². The maximum Gasteiger partial charge on any atom is 0.195 e. The van der Waals surface area contributed by atoms with E-state index in [0.29, 0.717) is 12.1 Å². The summed E-state index contributed by atoms with van der Waals surface area (Å²) in [5, 5.41) is 1.01. The van der Waals surface area contributed by atoms with Gasteiger partial charge in [0.05, 0.1) is 56.3 Å². The van der Waals surface area contributed by atoms with E-state index in [4.69, 9.17) is 9.47 Å². The smallest absolute Gasteiger partial charge is 0.195 e. The molecule has 2 aromatic carbocycles. The van der Waals surface area contributed by atoms with Crippen LogP contribution in [0.1, 0.15) is 52.2 Å². The summed E-state index contributed by atoms with van der Waals surface area (Å²) in [4.78, 5) is 28.0. The lowest BCUT2D eigenvalue weighted by atomic mass is 9.70. The molecule has 4 saturated heterocycles. The molecule has 0 saturated carbocycles. The van der Waals surface area contributed by atoms with Crippen molar-refractivity contribution in [3.63, 3.8) is 0 Å². The zero-order valence-electron chi connectivity index (χ0n) is 26.2. The summed E-state index contributed by atoms with van der Waals surface area (Å²) in [5.74, 6) is 7.19. The first-order valence-electron chi connectivity index (χ1n) is 16.3. The Kier molecular flexibility index (Phi) is 7.08. The largest absolute Gasteiger partial charge is 0.378 e. The summed E-state index contributed by atoms with van der Waals surface area (Å²) in [7, 11) is 0. The van der Waals surface area contributed by atoms with Gasteiger partial charge in [0.2, 0.25) is 0 Å². The van der Waals surface area contributed by atoms with Gasteiger partial charge in [0.15, 0.2) is 5.78 Å². The third-order valence-electron chi connectivity index (χ3n) is 10.7. The van der Waals surface area contributed by atoms with Crippen molar-refractivity contribution in [2.24, 2.45) is 0 Å². The monoisotopic (exact) mass is 593 g/mol. The van der Waals surface area contributed by atoms with E-state index in [1.54, 1.807) is 0 Å². The van der Waals surface area contributed by atoms with Crippen LogP contribution in [0.3, 0.4) is 0 Å². The number of rotatable bonds is 4. The standard InChI is InChI=1S/C36H43N5O3/c1-24-6-7-28-31(17-24)37-35-33(28)34(42)29-18-25(5-4-8-38-9-11-39(12-10-38)26-20-43-21-26)32(19-30(29)36(35,2)3)41-15-13-40(14-16-41)27-22-44-23-27/h6-7,17-19,26-27,37H,8-16,20-23H2,1-3H3. The van der Waals surface area contributed by atoms with Gasteiger partial charge in [-0.2, -0.15) is 0 Å². The van der Waals surface area contributed by atoms with Gasteiger partial charge >= 0.3 is 0 Å². The minimum Gasteiger partial charge on any atom is -0.378 e. The van der Waals surface area contributed by atoms with Gasteiger partial charge in [0.1, 0.15) is 0 Å². The summed E-state index contributed by atoms with van der Waals surface area (Å²) >= 11 is 0. The molecule has 8 rings (SSSR count). The molecule has 1 N–H and O–H groups in total. The molecule has 230 valence electrons. The zero-order chi connectivity index (χ0) is 30.0. The Labute approximate surface area is 260 Å². The van der Waals surface area contributed by atoms with Crippen molar-refractivity contribution >= 4 is 22.4 Å². The summed E-state index contributed by atoms with van der Waals surface area (Å²) in [6.45, 7) is 18.9. The highest BCUT2D eigenvalue weighted by atomic mass is 16.5. The number of nitrogens with zero attached hydrogens (tertiary/aromatic N) is 4. The molecule has 4 fully saturated rings. The second kappa shape index (κ2) is 11.0. The number of H-pyrrole nitrogens is 1. The summed E-state index contributed by atoms with van der Waals surface area (Å²) in [6.07, 6.45) is 0. The number of aromatic amines is 1. The van der Waals surface area contributed by atoms with Gasteiger partial charge in [-0.1, -0.05) is 37.8 Å². The van der Waals surface area contributed by atoms with Crippen LogP contribution >= 0.6 is 0 Å². The molecular weight excluding hydrogens is 550 g/mol. The van der Waals surface area contributed by atoms with E-state index in [1.165, 1.54) is 5.56 Å². The van der Waals surface area contributed by atoms with Crippen LogP contribution in [-0.4, -0.2) is 123 Å². The topological polar surface area (TPSA) is 64.3 Å². The molecule has 8 heteroatoms. The first-order valence-corrected chi connectivity index (χ1v) is 16.3. The van der Waals surface area contributed by atoms with Gasteiger partial charge in [-0.15, -0.1) is 0 Å². The molecule has 0 amide bonds. The average Bonchev–Trinajstić information content (AvgIpc) is 3.35. The van der Waals surface area contributed by atoms with Crippen molar-refractivity contribution in [3.8, 4) is 11.8 Å². The number of nitrogens with one attached hydrogen (secondary N) is 1. The second-order valence-corrected chi connectivity index (χ2v) is 13.8. The van der Waals surface area contributed by atoms with Gasteiger partial charge in [-0.25, -0.2) is 0 Å². The molecule has 8 nitrogen and oxygen atoms in total. The van der Waals surface area contributed by atoms with Crippen LogP contribution in [0.25, 0.3) is 10.9 Å². The fourth-order valence-corrected chi connectivity index (χ4v) is 7.67. The number of ether oxygens (including phenoxy) is 2. The molecule has 0 unspecified atom stereocenters. The molecule has 5 heterocycles. The third-order valence-corrected chi connectivity index (χ3v) is 10.7. The van der Waals surface area contributed by atoms with E-state index in [9.17, 15) is 4.79 Å². The van der Waals surface area contributed by atoms with Crippen LogP contribution in [0, 0.1) is 18.8 Å². The van der Waals surface area contributed by atoms with E-state index in [0.717, 1.165) is 130 Å². The Hall–Kier alpha value is -3.19. The molecule has 5 aliphatic rings. The number of ketones is 1. The van der Waals surface area contributed by atoms with Gasteiger partial charge in [-0.3, -0.25) is 19.5 Å². The van der Waals surface area contributed by atoms with Crippen molar-refractivity contribution in [3.05, 3.63) is 63.8 Å². The predicted octanol–water partition coefficient (Wildman–Crippen LogP) is 3.24. The Morgan fingerprint density at radius 2 is 1.55 bits per heavy atom. The molecule has 3 aromatic rings. The summed E-state index contributed by atoms with van der Waals surface area (Å²) in [5.41, 5.74) is 7.71. The van der Waals surface area contributed by atoms with E-state index in [2.05, 4.69) is 87.5 Å². The van der Waals surface area contributed by atoms with E-state index < -0.39 is 0 Å². The number of aromatic nitrogens is 1. The fourth-order valence-electron chi connectivity index (χ4n) is 7.67. The normalized spacial score (nSPS) is 23.1. The molecule has 0 atom stereocenters. The number of carbonyl (C=O) groups excluding carboxylic acids is 1. The summed E-state index contributed by atoms with van der Waals surface area (Å²) < 4.78 is 10.9. The molecule has 44 heavy (non-hydrogen) atoms. The number of hydrogen-bond donors (Lipinski definition) is 1. The SMILES string of the molecule is Cc1ccc2c3c([nH]c2c1)C(C)(C)c1cc(N2CCN(C4COC4)CC2)c(C#CCN2CCN(C4COC4)CC2)cc1C3=O. The van der Waals surface area contributed by atoms with Crippen LogP contribution in [0.5, 0.6) is 0 Å². The highest BCUT2D eigenvalue weighted by molar-refractivity contribution is 6.20.